The summed E-state index contributed by atoms with van der Waals surface area (Å²) in [5.74, 6) is -0.309. The van der Waals surface area contributed by atoms with Crippen LogP contribution in [-0.2, 0) is 0 Å². The third-order valence-corrected chi connectivity index (χ3v) is 3.08. The minimum absolute atomic E-state index is 0.309. The standard InChI is InChI=1S/C15H16FNO/c1-10-9-12(16)7-8-13(10)15(18)14(17)11-5-3-2-4-6-11/h2-9,14-15,18H,17H2,1H3. The Morgan fingerprint density at radius 3 is 2.39 bits per heavy atom. The first-order valence-electron chi connectivity index (χ1n) is 5.84. The summed E-state index contributed by atoms with van der Waals surface area (Å²) in [4.78, 5) is 0. The van der Waals surface area contributed by atoms with Crippen LogP contribution >= 0.6 is 0 Å². The predicted octanol–water partition coefficient (Wildman–Crippen LogP) is 2.87. The van der Waals surface area contributed by atoms with Crippen molar-refractivity contribution >= 4 is 0 Å². The third kappa shape index (κ3) is 2.58. The van der Waals surface area contributed by atoms with Crippen molar-refractivity contribution in [3.8, 4) is 0 Å². The van der Waals surface area contributed by atoms with E-state index in [9.17, 15) is 9.50 Å². The van der Waals surface area contributed by atoms with E-state index in [0.717, 1.165) is 5.56 Å². The SMILES string of the molecule is Cc1cc(F)ccc1C(O)C(N)c1ccccc1. The first-order chi connectivity index (χ1) is 8.59. The van der Waals surface area contributed by atoms with Crippen molar-refractivity contribution in [1.82, 2.24) is 0 Å². The van der Waals surface area contributed by atoms with E-state index in [4.69, 9.17) is 5.73 Å². The van der Waals surface area contributed by atoms with Crippen LogP contribution in [-0.4, -0.2) is 5.11 Å². The fourth-order valence-corrected chi connectivity index (χ4v) is 2.02. The van der Waals surface area contributed by atoms with Crippen LogP contribution in [0.4, 0.5) is 4.39 Å². The summed E-state index contributed by atoms with van der Waals surface area (Å²) in [7, 11) is 0. The van der Waals surface area contributed by atoms with E-state index in [-0.39, 0.29) is 5.82 Å². The van der Waals surface area contributed by atoms with Crippen molar-refractivity contribution in [2.75, 3.05) is 0 Å². The lowest BCUT2D eigenvalue weighted by molar-refractivity contribution is 0.146. The molecule has 0 radical (unpaired) electrons. The second-order valence-corrected chi connectivity index (χ2v) is 4.38. The van der Waals surface area contributed by atoms with Gasteiger partial charge in [0.25, 0.3) is 0 Å². The Bertz CT molecular complexity index is 527. The van der Waals surface area contributed by atoms with Crippen molar-refractivity contribution < 1.29 is 9.50 Å². The van der Waals surface area contributed by atoms with Gasteiger partial charge in [0, 0.05) is 0 Å². The highest BCUT2D eigenvalue weighted by Gasteiger charge is 2.20. The van der Waals surface area contributed by atoms with E-state index in [1.165, 1.54) is 12.1 Å². The normalized spacial score (nSPS) is 14.2. The first kappa shape index (κ1) is 12.7. The second kappa shape index (κ2) is 5.29. The monoisotopic (exact) mass is 245 g/mol. The molecule has 2 nitrogen and oxygen atoms in total. The average Bonchev–Trinajstić information content (AvgIpc) is 2.38. The lowest BCUT2D eigenvalue weighted by Gasteiger charge is -2.21. The zero-order valence-corrected chi connectivity index (χ0v) is 10.2. The highest BCUT2D eigenvalue weighted by Crippen LogP contribution is 2.28. The molecule has 0 bridgehead atoms. The van der Waals surface area contributed by atoms with Crippen molar-refractivity contribution in [3.05, 3.63) is 71.0 Å². The topological polar surface area (TPSA) is 46.2 Å². The number of aliphatic hydroxyl groups is 1. The molecular weight excluding hydrogens is 229 g/mol. The average molecular weight is 245 g/mol. The Morgan fingerprint density at radius 1 is 1.11 bits per heavy atom. The fraction of sp³-hybridized carbons (Fsp3) is 0.200. The first-order valence-corrected chi connectivity index (χ1v) is 5.84. The molecule has 0 aliphatic heterocycles. The van der Waals surface area contributed by atoms with Crippen molar-refractivity contribution in [1.29, 1.82) is 0 Å². The zero-order chi connectivity index (χ0) is 13.1. The molecule has 2 aromatic carbocycles. The number of benzene rings is 2. The number of aryl methyl sites for hydroxylation is 1. The van der Waals surface area contributed by atoms with Gasteiger partial charge in [-0.2, -0.15) is 0 Å². The molecule has 18 heavy (non-hydrogen) atoms. The number of hydrogen-bond donors (Lipinski definition) is 2. The van der Waals surface area contributed by atoms with Crippen LogP contribution in [0.25, 0.3) is 0 Å². The van der Waals surface area contributed by atoms with Gasteiger partial charge in [-0.25, -0.2) is 4.39 Å². The largest absolute Gasteiger partial charge is 0.386 e. The van der Waals surface area contributed by atoms with Gasteiger partial charge in [0.05, 0.1) is 12.1 Å². The second-order valence-electron chi connectivity index (χ2n) is 4.38. The molecule has 0 fully saturated rings. The molecule has 0 saturated carbocycles. The summed E-state index contributed by atoms with van der Waals surface area (Å²) in [6.07, 6.45) is -0.840. The van der Waals surface area contributed by atoms with Crippen LogP contribution in [0.3, 0.4) is 0 Å². The molecular formula is C15H16FNO. The predicted molar refractivity (Wildman–Crippen MR) is 69.5 cm³/mol. The van der Waals surface area contributed by atoms with Gasteiger partial charge in [0.1, 0.15) is 5.82 Å². The quantitative estimate of drug-likeness (QED) is 0.873. The molecule has 2 rings (SSSR count). The Hall–Kier alpha value is -1.71. The Labute approximate surface area is 106 Å². The van der Waals surface area contributed by atoms with Gasteiger partial charge in [-0.15, -0.1) is 0 Å². The van der Waals surface area contributed by atoms with E-state index in [1.807, 2.05) is 30.3 Å². The highest BCUT2D eigenvalue weighted by atomic mass is 19.1. The van der Waals surface area contributed by atoms with Crippen LogP contribution in [0, 0.1) is 12.7 Å². The Balaban J connectivity index is 2.28. The van der Waals surface area contributed by atoms with E-state index in [0.29, 0.717) is 11.1 Å². The Kier molecular flexibility index (Phi) is 3.75. The minimum atomic E-state index is -0.840. The van der Waals surface area contributed by atoms with E-state index in [2.05, 4.69) is 0 Å². The lowest BCUT2D eigenvalue weighted by Crippen LogP contribution is -2.20. The summed E-state index contributed by atoms with van der Waals surface area (Å²) in [6, 6.07) is 13.2. The van der Waals surface area contributed by atoms with Crippen LogP contribution in [0.1, 0.15) is 28.8 Å². The van der Waals surface area contributed by atoms with Gasteiger partial charge in [-0.1, -0.05) is 36.4 Å². The maximum absolute atomic E-state index is 13.0. The Morgan fingerprint density at radius 2 is 1.78 bits per heavy atom. The fourth-order valence-electron chi connectivity index (χ4n) is 2.02. The lowest BCUT2D eigenvalue weighted by atomic mass is 9.94. The van der Waals surface area contributed by atoms with E-state index < -0.39 is 12.1 Å². The van der Waals surface area contributed by atoms with Gasteiger partial charge in [-0.05, 0) is 35.7 Å². The molecule has 0 amide bonds. The van der Waals surface area contributed by atoms with Crippen LogP contribution in [0.5, 0.6) is 0 Å². The van der Waals surface area contributed by atoms with Crippen molar-refractivity contribution in [3.63, 3.8) is 0 Å². The molecule has 0 aliphatic rings. The molecule has 2 aromatic rings. The molecule has 0 aliphatic carbocycles. The van der Waals surface area contributed by atoms with Gasteiger partial charge in [0.15, 0.2) is 0 Å². The van der Waals surface area contributed by atoms with Crippen LogP contribution in [0.2, 0.25) is 0 Å². The summed E-state index contributed by atoms with van der Waals surface area (Å²) >= 11 is 0. The molecule has 94 valence electrons. The minimum Gasteiger partial charge on any atom is -0.386 e. The number of rotatable bonds is 3. The van der Waals surface area contributed by atoms with Gasteiger partial charge in [0.2, 0.25) is 0 Å². The molecule has 0 spiro atoms. The maximum Gasteiger partial charge on any atom is 0.123 e. The molecule has 0 aromatic heterocycles. The van der Waals surface area contributed by atoms with Gasteiger partial charge >= 0.3 is 0 Å². The molecule has 2 atom stereocenters. The zero-order valence-electron chi connectivity index (χ0n) is 10.2. The summed E-state index contributed by atoms with van der Waals surface area (Å²) in [5, 5.41) is 10.3. The number of aliphatic hydroxyl groups excluding tert-OH is 1. The number of hydrogen-bond acceptors (Lipinski definition) is 2. The van der Waals surface area contributed by atoms with Crippen molar-refractivity contribution in [2.24, 2.45) is 5.73 Å². The summed E-state index contributed by atoms with van der Waals surface area (Å²) < 4.78 is 13.0. The molecule has 2 unspecified atom stereocenters. The molecule has 0 saturated heterocycles. The van der Waals surface area contributed by atoms with E-state index in [1.54, 1.807) is 13.0 Å². The van der Waals surface area contributed by atoms with Crippen LogP contribution < -0.4 is 5.73 Å². The van der Waals surface area contributed by atoms with E-state index >= 15 is 0 Å². The number of nitrogens with two attached hydrogens (primary N) is 1. The highest BCUT2D eigenvalue weighted by molar-refractivity contribution is 5.32. The third-order valence-electron chi connectivity index (χ3n) is 3.08. The molecule has 0 heterocycles. The van der Waals surface area contributed by atoms with Crippen molar-refractivity contribution in [2.45, 2.75) is 19.1 Å². The van der Waals surface area contributed by atoms with Gasteiger partial charge < -0.3 is 10.8 Å². The smallest absolute Gasteiger partial charge is 0.123 e. The summed E-state index contributed by atoms with van der Waals surface area (Å²) in [6.45, 7) is 1.76. The number of halogens is 1. The molecule has 3 heteroatoms. The van der Waals surface area contributed by atoms with Gasteiger partial charge in [-0.3, -0.25) is 0 Å². The maximum atomic E-state index is 13.0. The van der Waals surface area contributed by atoms with Crippen LogP contribution in [0.15, 0.2) is 48.5 Å². The molecule has 3 N–H and O–H groups in total. The summed E-state index contributed by atoms with van der Waals surface area (Å²) in [5.41, 5.74) is 8.25.